The van der Waals surface area contributed by atoms with Gasteiger partial charge < -0.3 is 10.8 Å². The molecule has 3 nitrogen and oxygen atoms in total. The average Bonchev–Trinajstić information content (AvgIpc) is 2.59. The summed E-state index contributed by atoms with van der Waals surface area (Å²) >= 11 is 3.56. The molecule has 14 heavy (non-hydrogen) atoms. The van der Waals surface area contributed by atoms with Crippen molar-refractivity contribution < 1.29 is 9.90 Å². The van der Waals surface area contributed by atoms with Crippen LogP contribution in [0.1, 0.15) is 10.4 Å². The van der Waals surface area contributed by atoms with Crippen molar-refractivity contribution in [1.82, 2.24) is 0 Å². The quantitative estimate of drug-likeness (QED) is 0.627. The van der Waals surface area contributed by atoms with Crippen LogP contribution in [0.2, 0.25) is 0 Å². The Bertz CT molecular complexity index is 521. The number of halogens is 1. The molecule has 0 saturated heterocycles. The summed E-state index contributed by atoms with van der Waals surface area (Å²) in [6, 6.07) is 3.41. The first-order valence-electron chi connectivity index (χ1n) is 3.79. The molecule has 0 saturated carbocycles. The van der Waals surface area contributed by atoms with E-state index in [-0.39, 0.29) is 5.56 Å². The van der Waals surface area contributed by atoms with Gasteiger partial charge in [0.15, 0.2) is 0 Å². The van der Waals surface area contributed by atoms with Gasteiger partial charge in [0.05, 0.1) is 16.0 Å². The molecule has 1 heterocycles. The van der Waals surface area contributed by atoms with Gasteiger partial charge in [0.25, 0.3) is 0 Å². The molecule has 0 aliphatic carbocycles. The molecule has 0 aliphatic rings. The second-order valence-corrected chi connectivity index (χ2v) is 4.79. The molecule has 2 rings (SSSR count). The zero-order valence-corrected chi connectivity index (χ0v) is 9.93. The van der Waals surface area contributed by atoms with Crippen molar-refractivity contribution >= 4 is 55.7 Å². The Labute approximate surface area is 97.7 Å². The maximum atomic E-state index is 10.9. The zero-order valence-electron chi connectivity index (χ0n) is 6.95. The molecule has 1 aromatic heterocycles. The number of hydrogen-bond acceptors (Lipinski definition) is 3. The predicted molar refractivity (Wildman–Crippen MR) is 65.9 cm³/mol. The number of fused-ring (bicyclic) bond motifs is 1. The minimum absolute atomic E-state index is 0.272. The van der Waals surface area contributed by atoms with Gasteiger partial charge in [0.1, 0.15) is 0 Å². The monoisotopic (exact) mass is 319 g/mol. The highest BCUT2D eigenvalue weighted by Gasteiger charge is 2.14. The van der Waals surface area contributed by atoms with E-state index in [0.717, 1.165) is 13.7 Å². The number of rotatable bonds is 1. The molecule has 5 heteroatoms. The summed E-state index contributed by atoms with van der Waals surface area (Å²) in [7, 11) is 0. The normalized spacial score (nSPS) is 10.6. The Morgan fingerprint density at radius 3 is 2.93 bits per heavy atom. The lowest BCUT2D eigenvalue weighted by molar-refractivity contribution is 0.0696. The van der Waals surface area contributed by atoms with Crippen molar-refractivity contribution in [3.05, 3.63) is 26.6 Å². The van der Waals surface area contributed by atoms with Gasteiger partial charge in [-0.25, -0.2) is 4.79 Å². The molecule has 2 aromatic rings. The molecular formula is C9H6INO2S. The third kappa shape index (κ3) is 1.36. The number of carboxylic acids is 1. The minimum Gasteiger partial charge on any atom is -0.478 e. The maximum Gasteiger partial charge on any atom is 0.336 e. The summed E-state index contributed by atoms with van der Waals surface area (Å²) in [6.07, 6.45) is 0. The van der Waals surface area contributed by atoms with Gasteiger partial charge in [-0.15, -0.1) is 11.3 Å². The molecule has 0 atom stereocenters. The predicted octanol–water partition coefficient (Wildman–Crippen LogP) is 2.79. The van der Waals surface area contributed by atoms with E-state index in [1.165, 1.54) is 17.4 Å². The molecule has 3 N–H and O–H groups in total. The van der Waals surface area contributed by atoms with Gasteiger partial charge in [-0.3, -0.25) is 0 Å². The largest absolute Gasteiger partial charge is 0.478 e. The van der Waals surface area contributed by atoms with Crippen molar-refractivity contribution in [2.45, 2.75) is 0 Å². The average molecular weight is 319 g/mol. The van der Waals surface area contributed by atoms with Gasteiger partial charge in [0, 0.05) is 8.96 Å². The Morgan fingerprint density at radius 2 is 2.29 bits per heavy atom. The first-order valence-corrected chi connectivity index (χ1v) is 5.75. The third-order valence-electron chi connectivity index (χ3n) is 1.93. The lowest BCUT2D eigenvalue weighted by Crippen LogP contribution is -2.01. The molecule has 0 spiro atoms. The molecule has 0 amide bonds. The summed E-state index contributed by atoms with van der Waals surface area (Å²) < 4.78 is 1.71. The van der Waals surface area contributed by atoms with E-state index in [2.05, 4.69) is 0 Å². The fourth-order valence-electron chi connectivity index (χ4n) is 1.29. The number of nitrogens with two attached hydrogens (primary N) is 1. The van der Waals surface area contributed by atoms with Crippen LogP contribution >= 0.6 is 33.9 Å². The van der Waals surface area contributed by atoms with Crippen LogP contribution in [0.4, 0.5) is 5.69 Å². The lowest BCUT2D eigenvalue weighted by Gasteiger charge is -2.03. The van der Waals surface area contributed by atoms with E-state index in [1.54, 1.807) is 0 Å². The SMILES string of the molecule is Nc1cc(C(=O)O)c(I)c2ccsc12. The zero-order chi connectivity index (χ0) is 10.3. The number of anilines is 1. The molecule has 1 aromatic carbocycles. The molecule has 0 radical (unpaired) electrons. The molecule has 0 unspecified atom stereocenters. The van der Waals surface area contributed by atoms with Crippen LogP contribution < -0.4 is 5.73 Å². The summed E-state index contributed by atoms with van der Waals surface area (Å²) in [5.74, 6) is -0.936. The number of hydrogen-bond donors (Lipinski definition) is 2. The topological polar surface area (TPSA) is 63.3 Å². The molecule has 0 aliphatic heterocycles. The number of benzene rings is 1. The van der Waals surface area contributed by atoms with Crippen LogP contribution in [0.5, 0.6) is 0 Å². The molecule has 0 bridgehead atoms. The Morgan fingerprint density at radius 1 is 1.57 bits per heavy atom. The van der Waals surface area contributed by atoms with Crippen LogP contribution in [-0.4, -0.2) is 11.1 Å². The van der Waals surface area contributed by atoms with Gasteiger partial charge in [-0.1, -0.05) is 0 Å². The minimum atomic E-state index is -0.936. The maximum absolute atomic E-state index is 10.9. The van der Waals surface area contributed by atoms with Crippen LogP contribution in [0.25, 0.3) is 10.1 Å². The van der Waals surface area contributed by atoms with Crippen LogP contribution in [-0.2, 0) is 0 Å². The summed E-state index contributed by atoms with van der Waals surface area (Å²) in [5.41, 5.74) is 6.56. The van der Waals surface area contributed by atoms with Gasteiger partial charge in [-0.2, -0.15) is 0 Å². The second kappa shape index (κ2) is 3.39. The third-order valence-corrected chi connectivity index (χ3v) is 4.06. The van der Waals surface area contributed by atoms with Gasteiger partial charge in [-0.05, 0) is 40.1 Å². The molecule has 72 valence electrons. The Balaban J connectivity index is 2.88. The smallest absolute Gasteiger partial charge is 0.336 e. The number of nitrogen functional groups attached to an aromatic ring is 1. The number of aromatic carboxylic acids is 1. The highest BCUT2D eigenvalue weighted by atomic mass is 127. The summed E-state index contributed by atoms with van der Waals surface area (Å²) in [5, 5.41) is 11.8. The van der Waals surface area contributed by atoms with Crippen LogP contribution in [0.15, 0.2) is 17.5 Å². The fraction of sp³-hybridized carbons (Fsp3) is 0. The van der Waals surface area contributed by atoms with E-state index < -0.39 is 5.97 Å². The first-order chi connectivity index (χ1) is 6.61. The Kier molecular flexibility index (Phi) is 2.36. The highest BCUT2D eigenvalue weighted by Crippen LogP contribution is 2.33. The van der Waals surface area contributed by atoms with E-state index in [1.807, 2.05) is 34.0 Å². The van der Waals surface area contributed by atoms with E-state index in [0.29, 0.717) is 5.69 Å². The fourth-order valence-corrected chi connectivity index (χ4v) is 3.14. The highest BCUT2D eigenvalue weighted by molar-refractivity contribution is 14.1. The van der Waals surface area contributed by atoms with Gasteiger partial charge >= 0.3 is 5.97 Å². The molecular weight excluding hydrogens is 313 g/mol. The lowest BCUT2D eigenvalue weighted by atomic mass is 10.1. The number of thiophene rings is 1. The van der Waals surface area contributed by atoms with E-state index in [4.69, 9.17) is 10.8 Å². The van der Waals surface area contributed by atoms with Crippen LogP contribution in [0, 0.1) is 3.57 Å². The number of carbonyl (C=O) groups is 1. The summed E-state index contributed by atoms with van der Waals surface area (Å²) in [4.78, 5) is 10.9. The first kappa shape index (κ1) is 9.72. The van der Waals surface area contributed by atoms with Crippen LogP contribution in [0.3, 0.4) is 0 Å². The van der Waals surface area contributed by atoms with Crippen molar-refractivity contribution in [2.24, 2.45) is 0 Å². The van der Waals surface area contributed by atoms with Crippen molar-refractivity contribution in [3.8, 4) is 0 Å². The van der Waals surface area contributed by atoms with E-state index in [9.17, 15) is 4.79 Å². The molecule has 0 fully saturated rings. The Hall–Kier alpha value is -0.820. The van der Waals surface area contributed by atoms with Crippen molar-refractivity contribution in [1.29, 1.82) is 0 Å². The van der Waals surface area contributed by atoms with Crippen molar-refractivity contribution in [3.63, 3.8) is 0 Å². The second-order valence-electron chi connectivity index (χ2n) is 2.80. The van der Waals surface area contributed by atoms with Crippen molar-refractivity contribution in [2.75, 3.05) is 5.73 Å². The number of carboxylic acid groups (broad SMARTS) is 1. The van der Waals surface area contributed by atoms with Gasteiger partial charge in [0.2, 0.25) is 0 Å². The standard InChI is InChI=1S/C9H6INO2S/c10-7-4-1-2-14-8(4)6(11)3-5(7)9(12)13/h1-3H,11H2,(H,12,13). The van der Waals surface area contributed by atoms with E-state index >= 15 is 0 Å². The summed E-state index contributed by atoms with van der Waals surface area (Å²) in [6.45, 7) is 0.